The van der Waals surface area contributed by atoms with Crippen molar-refractivity contribution in [3.05, 3.63) is 29.8 Å². The van der Waals surface area contributed by atoms with Crippen molar-refractivity contribution in [2.45, 2.75) is 80.1 Å². The van der Waals surface area contributed by atoms with Gasteiger partial charge in [-0.25, -0.2) is 4.98 Å². The number of unbranched alkanes of at least 4 members (excludes halogenated alkanes) is 3. The van der Waals surface area contributed by atoms with Crippen LogP contribution in [0, 0.1) is 0 Å². The van der Waals surface area contributed by atoms with Gasteiger partial charge in [-0.3, -0.25) is 0 Å². The van der Waals surface area contributed by atoms with Gasteiger partial charge in [0.15, 0.2) is 0 Å². The Morgan fingerprint density at radius 3 is 1.50 bits per heavy atom. The maximum Gasteiger partial charge on any atom is 0.0812 e. The van der Waals surface area contributed by atoms with E-state index in [0.29, 0.717) is 0 Å². The first-order chi connectivity index (χ1) is 10.2. The van der Waals surface area contributed by atoms with Crippen LogP contribution >= 0.6 is 11.3 Å². The summed E-state index contributed by atoms with van der Waals surface area (Å²) in [6.45, 7) is 13.1. The van der Waals surface area contributed by atoms with Crippen LogP contribution in [0.2, 0.25) is 0 Å². The second-order valence-corrected chi connectivity index (χ2v) is 5.71. The third kappa shape index (κ3) is 18.0. The molecular weight excluding hydrogens is 393 g/mol. The van der Waals surface area contributed by atoms with Crippen LogP contribution in [0.25, 0.3) is 10.2 Å². The molecule has 4 radical (unpaired) electrons. The molecule has 3 heteroatoms. The second-order valence-electron chi connectivity index (χ2n) is 4.82. The average Bonchev–Trinajstić information content (AvgIpc) is 3.04. The third-order valence-electron chi connectivity index (χ3n) is 2.74. The van der Waals surface area contributed by atoms with Crippen LogP contribution in [-0.2, 0) is 0 Å². The summed E-state index contributed by atoms with van der Waals surface area (Å²) >= 11 is 1.68. The van der Waals surface area contributed by atoms with Crippen molar-refractivity contribution in [1.82, 2.24) is 4.98 Å². The maximum absolute atomic E-state index is 4.14. The molecule has 0 unspecified atom stereocenters. The van der Waals surface area contributed by atoms with Crippen molar-refractivity contribution < 1.29 is 0 Å². The predicted octanol–water partition coefficient (Wildman–Crippen LogP) is 7.33. The number of para-hydroxylation sites is 1. The third-order valence-corrected chi connectivity index (χ3v) is 3.55. The van der Waals surface area contributed by atoms with E-state index >= 15 is 0 Å². The molecule has 0 bridgehead atoms. The zero-order valence-corrected chi connectivity index (χ0v) is 19.2. The molecule has 0 aliphatic carbocycles. The number of hydrogen-bond donors (Lipinski definition) is 0. The summed E-state index contributed by atoms with van der Waals surface area (Å²) in [6.07, 6.45) is 7.92. The number of hydrogen-bond acceptors (Lipinski definition) is 2. The molecule has 0 aliphatic rings. The van der Waals surface area contributed by atoms with E-state index in [1.807, 2.05) is 23.7 Å². The van der Waals surface area contributed by atoms with Crippen molar-refractivity contribution in [2.75, 3.05) is 0 Å². The van der Waals surface area contributed by atoms with Gasteiger partial charge in [-0.2, -0.15) is 0 Å². The van der Waals surface area contributed by atoms with E-state index in [9.17, 15) is 0 Å². The molecule has 2 rings (SSSR count). The number of nitrogens with zero attached hydrogens (tertiary/aromatic N) is 1. The van der Waals surface area contributed by atoms with Gasteiger partial charge in [0.25, 0.3) is 0 Å². The molecule has 0 N–H and O–H groups in total. The molecule has 1 aromatic carbocycles. The summed E-state index contributed by atoms with van der Waals surface area (Å²) in [6, 6.07) is 8.13. The van der Waals surface area contributed by atoms with E-state index in [0.717, 1.165) is 5.52 Å². The minimum atomic E-state index is 0. The fraction of sp³-hybridized carbons (Fsp3) is 0.632. The van der Waals surface area contributed by atoms with E-state index in [-0.39, 0.29) is 23.9 Å². The van der Waals surface area contributed by atoms with Gasteiger partial charge in [-0.15, -0.1) is 11.3 Å². The molecule has 2 aromatic rings. The van der Waals surface area contributed by atoms with Gasteiger partial charge < -0.3 is 0 Å². The quantitative estimate of drug-likeness (QED) is 0.467. The predicted molar refractivity (Wildman–Crippen MR) is 107 cm³/mol. The number of fused-ring (bicyclic) bond motifs is 1. The van der Waals surface area contributed by atoms with E-state index in [1.165, 1.54) is 43.2 Å². The van der Waals surface area contributed by atoms with Crippen LogP contribution in [-0.4, -0.2) is 28.9 Å². The van der Waals surface area contributed by atoms with Gasteiger partial charge in [0.05, 0.1) is 15.7 Å². The first-order valence-corrected chi connectivity index (χ1v) is 9.37. The average molecular weight is 428 g/mol. The SMILES string of the molecule is CCCC.CCCC.CCCC.[Sn].c1ccc2scnc2c1. The van der Waals surface area contributed by atoms with Crippen LogP contribution in [0.3, 0.4) is 0 Å². The van der Waals surface area contributed by atoms with E-state index in [4.69, 9.17) is 0 Å². The summed E-state index contributed by atoms with van der Waals surface area (Å²) in [7, 11) is 0. The fourth-order valence-corrected chi connectivity index (χ4v) is 1.48. The normalized spacial score (nSPS) is 8.27. The zero-order chi connectivity index (χ0) is 16.3. The number of aromatic nitrogens is 1. The molecule has 1 aromatic heterocycles. The standard InChI is InChI=1S/C7H5NS.3C4H10.Sn/c1-2-4-7-6(3-1)8-5-9-7;3*1-3-4-2;/h1-5H;3*3-4H2,1-2H3;. The van der Waals surface area contributed by atoms with Crippen molar-refractivity contribution in [1.29, 1.82) is 0 Å². The largest absolute Gasteiger partial charge is 0.245 e. The van der Waals surface area contributed by atoms with Crippen molar-refractivity contribution >= 4 is 45.5 Å². The van der Waals surface area contributed by atoms with Crippen molar-refractivity contribution in [3.63, 3.8) is 0 Å². The minimum Gasteiger partial charge on any atom is -0.245 e. The Kier molecular flexibility index (Phi) is 28.2. The van der Waals surface area contributed by atoms with Gasteiger partial charge >= 0.3 is 0 Å². The van der Waals surface area contributed by atoms with Crippen molar-refractivity contribution in [2.24, 2.45) is 0 Å². The topological polar surface area (TPSA) is 12.9 Å². The Morgan fingerprint density at radius 2 is 1.14 bits per heavy atom. The van der Waals surface area contributed by atoms with E-state index in [2.05, 4.69) is 52.6 Å². The van der Waals surface area contributed by atoms with Crippen LogP contribution < -0.4 is 0 Å². The van der Waals surface area contributed by atoms with Crippen molar-refractivity contribution in [3.8, 4) is 0 Å². The molecular formula is C19H35NSSn. The number of thiazole rings is 1. The number of rotatable bonds is 3. The molecule has 0 spiro atoms. The van der Waals surface area contributed by atoms with E-state index in [1.54, 1.807) is 11.3 Å². The molecule has 0 fully saturated rings. The Hall–Kier alpha value is -0.0913. The summed E-state index contributed by atoms with van der Waals surface area (Å²) in [4.78, 5) is 4.14. The molecule has 1 nitrogen and oxygen atoms in total. The van der Waals surface area contributed by atoms with Gasteiger partial charge in [-0.1, -0.05) is 92.2 Å². The molecule has 0 aliphatic heterocycles. The molecule has 1 heterocycles. The molecule has 0 saturated heterocycles. The zero-order valence-electron chi connectivity index (χ0n) is 15.5. The summed E-state index contributed by atoms with van der Waals surface area (Å²) in [5.74, 6) is 0. The van der Waals surface area contributed by atoms with Gasteiger partial charge in [-0.05, 0) is 12.1 Å². The smallest absolute Gasteiger partial charge is 0.0812 e. The molecule has 0 amide bonds. The molecule has 0 atom stereocenters. The van der Waals surface area contributed by atoms with Gasteiger partial charge in [0.1, 0.15) is 0 Å². The first kappa shape index (κ1) is 26.8. The molecule has 22 heavy (non-hydrogen) atoms. The Labute approximate surface area is 159 Å². The monoisotopic (exact) mass is 429 g/mol. The summed E-state index contributed by atoms with van der Waals surface area (Å²) in [5, 5.41) is 0. The molecule has 126 valence electrons. The molecule has 0 saturated carbocycles. The van der Waals surface area contributed by atoms with Crippen LogP contribution in [0.15, 0.2) is 29.8 Å². The van der Waals surface area contributed by atoms with Gasteiger partial charge in [0, 0.05) is 23.9 Å². The number of benzene rings is 1. The Morgan fingerprint density at radius 1 is 0.727 bits per heavy atom. The van der Waals surface area contributed by atoms with E-state index < -0.39 is 0 Å². The maximum atomic E-state index is 4.14. The summed E-state index contributed by atoms with van der Waals surface area (Å²) < 4.78 is 1.26. The van der Waals surface area contributed by atoms with Crippen LogP contribution in [0.1, 0.15) is 80.1 Å². The second kappa shape index (κ2) is 23.2. The Bertz CT molecular complexity index is 355. The summed E-state index contributed by atoms with van der Waals surface area (Å²) in [5.41, 5.74) is 2.97. The Balaban J connectivity index is -0.000000241. The fourth-order valence-electron chi connectivity index (χ4n) is 0.803. The van der Waals surface area contributed by atoms with Gasteiger partial charge in [0.2, 0.25) is 0 Å². The van der Waals surface area contributed by atoms with Crippen LogP contribution in [0.4, 0.5) is 0 Å². The minimum absolute atomic E-state index is 0. The first-order valence-electron chi connectivity index (χ1n) is 8.49. The van der Waals surface area contributed by atoms with Crippen LogP contribution in [0.5, 0.6) is 0 Å².